The first-order valence-electron chi connectivity index (χ1n) is 5.97. The van der Waals surface area contributed by atoms with Gasteiger partial charge in [0.05, 0.1) is 0 Å². The van der Waals surface area contributed by atoms with E-state index in [2.05, 4.69) is 15.5 Å². The number of nitrogens with zero attached hydrogens (tertiary/aromatic N) is 1. The monoisotopic (exact) mass is 211 g/mol. The maximum atomic E-state index is 10.6. The summed E-state index contributed by atoms with van der Waals surface area (Å²) in [4.78, 5) is 13.2. The maximum absolute atomic E-state index is 10.6. The zero-order valence-corrected chi connectivity index (χ0v) is 9.46. The Bertz CT molecular complexity index is 228. The fourth-order valence-corrected chi connectivity index (χ4v) is 2.24. The van der Waals surface area contributed by atoms with Gasteiger partial charge >= 0.3 is 0 Å². The molecule has 1 aliphatic carbocycles. The lowest BCUT2D eigenvalue weighted by molar-refractivity contribution is -0.118. The van der Waals surface area contributed by atoms with Crippen LogP contribution in [0.2, 0.25) is 0 Å². The Labute approximate surface area is 91.4 Å². The minimum absolute atomic E-state index is 0.0582. The van der Waals surface area contributed by atoms with E-state index in [4.69, 9.17) is 0 Å². The van der Waals surface area contributed by atoms with E-state index in [0.717, 1.165) is 19.1 Å². The third-order valence-corrected chi connectivity index (χ3v) is 3.21. The summed E-state index contributed by atoms with van der Waals surface area (Å²) >= 11 is 0. The van der Waals surface area contributed by atoms with Crippen molar-refractivity contribution in [1.82, 2.24) is 15.5 Å². The molecule has 4 nitrogen and oxygen atoms in total. The second kappa shape index (κ2) is 4.94. The molecule has 0 spiro atoms. The molecule has 0 aromatic carbocycles. The van der Waals surface area contributed by atoms with Gasteiger partial charge in [0.1, 0.15) is 0 Å². The first-order chi connectivity index (χ1) is 7.25. The highest BCUT2D eigenvalue weighted by Crippen LogP contribution is 2.29. The summed E-state index contributed by atoms with van der Waals surface area (Å²) in [6.45, 7) is 5.65. The smallest absolute Gasteiger partial charge is 0.216 e. The van der Waals surface area contributed by atoms with Crippen LogP contribution in [0.3, 0.4) is 0 Å². The van der Waals surface area contributed by atoms with Gasteiger partial charge in [0, 0.05) is 45.2 Å². The number of carbonyl (C=O) groups excluding carboxylic acids is 1. The van der Waals surface area contributed by atoms with E-state index >= 15 is 0 Å². The van der Waals surface area contributed by atoms with Crippen molar-refractivity contribution in [2.24, 2.45) is 0 Å². The summed E-state index contributed by atoms with van der Waals surface area (Å²) in [5.41, 5.74) is 0. The minimum Gasteiger partial charge on any atom is -0.355 e. The van der Waals surface area contributed by atoms with Crippen LogP contribution in [0.5, 0.6) is 0 Å². The van der Waals surface area contributed by atoms with Gasteiger partial charge in [-0.25, -0.2) is 0 Å². The molecule has 1 heterocycles. The van der Waals surface area contributed by atoms with Gasteiger partial charge in [-0.3, -0.25) is 9.69 Å². The van der Waals surface area contributed by atoms with Crippen molar-refractivity contribution in [2.45, 2.75) is 38.3 Å². The van der Waals surface area contributed by atoms with Crippen molar-refractivity contribution in [3.05, 3.63) is 0 Å². The van der Waals surface area contributed by atoms with Crippen LogP contribution in [0.15, 0.2) is 0 Å². The Morgan fingerprint density at radius 2 is 2.13 bits per heavy atom. The van der Waals surface area contributed by atoms with Crippen LogP contribution in [0.4, 0.5) is 0 Å². The van der Waals surface area contributed by atoms with Gasteiger partial charge in [-0.15, -0.1) is 0 Å². The highest BCUT2D eigenvalue weighted by atomic mass is 16.1. The van der Waals surface area contributed by atoms with Crippen LogP contribution in [-0.2, 0) is 4.79 Å². The maximum Gasteiger partial charge on any atom is 0.216 e. The highest BCUT2D eigenvalue weighted by molar-refractivity contribution is 5.72. The Hall–Kier alpha value is -0.610. The van der Waals surface area contributed by atoms with Gasteiger partial charge in [0.25, 0.3) is 0 Å². The number of likely N-dealkylation sites (tertiary alicyclic amines) is 1. The molecule has 2 aliphatic rings. The second-order valence-electron chi connectivity index (χ2n) is 4.65. The van der Waals surface area contributed by atoms with E-state index in [1.54, 1.807) is 6.92 Å². The van der Waals surface area contributed by atoms with Crippen molar-refractivity contribution < 1.29 is 4.79 Å². The lowest BCUT2D eigenvalue weighted by Gasteiger charge is -2.15. The molecule has 86 valence electrons. The predicted octanol–water partition coefficient (Wildman–Crippen LogP) is -0.0512. The molecule has 2 rings (SSSR count). The lowest BCUT2D eigenvalue weighted by Crippen LogP contribution is -2.38. The number of hydrogen-bond acceptors (Lipinski definition) is 3. The summed E-state index contributed by atoms with van der Waals surface area (Å²) < 4.78 is 0. The number of carbonyl (C=O) groups is 1. The van der Waals surface area contributed by atoms with Gasteiger partial charge in [0.15, 0.2) is 0 Å². The minimum atomic E-state index is 0.0582. The highest BCUT2D eigenvalue weighted by Gasteiger charge is 2.33. The molecule has 0 aromatic heterocycles. The first-order valence-corrected chi connectivity index (χ1v) is 5.97. The van der Waals surface area contributed by atoms with Crippen LogP contribution in [0.1, 0.15) is 26.2 Å². The van der Waals surface area contributed by atoms with Crippen LogP contribution < -0.4 is 10.6 Å². The molecule has 0 bridgehead atoms. The van der Waals surface area contributed by atoms with Gasteiger partial charge < -0.3 is 10.6 Å². The fourth-order valence-electron chi connectivity index (χ4n) is 2.24. The molecule has 1 amide bonds. The normalized spacial score (nSPS) is 26.9. The van der Waals surface area contributed by atoms with E-state index in [1.165, 1.54) is 32.4 Å². The zero-order valence-electron chi connectivity index (χ0n) is 9.46. The molecular weight excluding hydrogens is 190 g/mol. The van der Waals surface area contributed by atoms with Crippen molar-refractivity contribution in [2.75, 3.05) is 26.2 Å². The van der Waals surface area contributed by atoms with Crippen LogP contribution in [0, 0.1) is 0 Å². The third kappa shape index (κ3) is 3.47. The van der Waals surface area contributed by atoms with Crippen molar-refractivity contribution in [3.63, 3.8) is 0 Å². The van der Waals surface area contributed by atoms with E-state index in [0.29, 0.717) is 6.04 Å². The molecule has 2 fully saturated rings. The van der Waals surface area contributed by atoms with Crippen molar-refractivity contribution in [3.8, 4) is 0 Å². The standard InChI is InChI=1S/C11H21N3O/c1-9(15)12-5-6-13-10-4-7-14(8-10)11-2-3-11/h10-11,13H,2-8H2,1H3,(H,12,15). The fraction of sp³-hybridized carbons (Fsp3) is 0.909. The molecular formula is C11H21N3O. The molecule has 1 unspecified atom stereocenters. The zero-order chi connectivity index (χ0) is 10.7. The molecule has 15 heavy (non-hydrogen) atoms. The SMILES string of the molecule is CC(=O)NCCNC1CCN(C2CC2)C1. The number of nitrogens with one attached hydrogen (secondary N) is 2. The molecule has 0 radical (unpaired) electrons. The summed E-state index contributed by atoms with van der Waals surface area (Å²) in [5, 5.41) is 6.29. The summed E-state index contributed by atoms with van der Waals surface area (Å²) in [5.74, 6) is 0.0582. The summed E-state index contributed by atoms with van der Waals surface area (Å²) in [6, 6.07) is 1.53. The van der Waals surface area contributed by atoms with E-state index in [-0.39, 0.29) is 5.91 Å². The lowest BCUT2D eigenvalue weighted by atomic mass is 10.2. The number of hydrogen-bond donors (Lipinski definition) is 2. The summed E-state index contributed by atoms with van der Waals surface area (Å²) in [6.07, 6.45) is 4.06. The number of amides is 1. The number of rotatable bonds is 5. The predicted molar refractivity (Wildman–Crippen MR) is 59.7 cm³/mol. The first kappa shape index (κ1) is 10.9. The Kier molecular flexibility index (Phi) is 3.59. The Balaban J connectivity index is 1.54. The molecule has 1 saturated carbocycles. The third-order valence-electron chi connectivity index (χ3n) is 3.21. The molecule has 0 aromatic rings. The Morgan fingerprint density at radius 1 is 1.33 bits per heavy atom. The van der Waals surface area contributed by atoms with Crippen LogP contribution in [-0.4, -0.2) is 49.1 Å². The van der Waals surface area contributed by atoms with Gasteiger partial charge in [0.2, 0.25) is 5.91 Å². The second-order valence-corrected chi connectivity index (χ2v) is 4.65. The average molecular weight is 211 g/mol. The van der Waals surface area contributed by atoms with Gasteiger partial charge in [-0.05, 0) is 19.3 Å². The van der Waals surface area contributed by atoms with Gasteiger partial charge in [-0.2, -0.15) is 0 Å². The van der Waals surface area contributed by atoms with Crippen LogP contribution in [0.25, 0.3) is 0 Å². The quantitative estimate of drug-likeness (QED) is 0.627. The molecule has 1 saturated heterocycles. The van der Waals surface area contributed by atoms with Crippen LogP contribution >= 0.6 is 0 Å². The topological polar surface area (TPSA) is 44.4 Å². The molecule has 2 N–H and O–H groups in total. The molecule has 1 atom stereocenters. The molecule has 1 aliphatic heterocycles. The van der Waals surface area contributed by atoms with E-state index < -0.39 is 0 Å². The van der Waals surface area contributed by atoms with Crippen molar-refractivity contribution in [1.29, 1.82) is 0 Å². The van der Waals surface area contributed by atoms with E-state index in [1.807, 2.05) is 0 Å². The van der Waals surface area contributed by atoms with Gasteiger partial charge in [-0.1, -0.05) is 0 Å². The summed E-state index contributed by atoms with van der Waals surface area (Å²) in [7, 11) is 0. The largest absolute Gasteiger partial charge is 0.355 e. The van der Waals surface area contributed by atoms with Crippen molar-refractivity contribution >= 4 is 5.91 Å². The molecule has 4 heteroatoms. The van der Waals surface area contributed by atoms with E-state index in [9.17, 15) is 4.79 Å². The Morgan fingerprint density at radius 3 is 2.80 bits per heavy atom. The average Bonchev–Trinajstić information content (AvgIpc) is 2.94.